The van der Waals surface area contributed by atoms with E-state index in [1.807, 2.05) is 38.6 Å². The summed E-state index contributed by atoms with van der Waals surface area (Å²) >= 11 is 0. The molecule has 3 saturated carbocycles. The van der Waals surface area contributed by atoms with Gasteiger partial charge in [0.05, 0.1) is 18.8 Å². The summed E-state index contributed by atoms with van der Waals surface area (Å²) in [5, 5.41) is 16.0. The molecule has 37 heavy (non-hydrogen) atoms. The molecule has 0 saturated heterocycles. The highest BCUT2D eigenvalue weighted by atomic mass is 16.3. The molecule has 3 nitrogen and oxygen atoms in total. The van der Waals surface area contributed by atoms with Crippen molar-refractivity contribution in [3.63, 3.8) is 0 Å². The smallest absolute Gasteiger partial charge is 0.0769 e. The lowest BCUT2D eigenvalue weighted by Crippen LogP contribution is -2.53. The number of rotatable bonds is 10. The predicted molar refractivity (Wildman–Crippen MR) is 161 cm³/mol. The van der Waals surface area contributed by atoms with Gasteiger partial charge in [-0.05, 0) is 104 Å². The summed E-state index contributed by atoms with van der Waals surface area (Å²) in [7, 11) is 0. The van der Waals surface area contributed by atoms with Crippen LogP contribution in [0.15, 0.2) is 12.4 Å². The molecule has 0 amide bonds. The number of aromatic nitrogens is 2. The monoisotopic (exact) mass is 517 g/mol. The van der Waals surface area contributed by atoms with Gasteiger partial charge in [-0.2, -0.15) is 5.10 Å². The van der Waals surface area contributed by atoms with E-state index in [0.29, 0.717) is 23.3 Å². The minimum atomic E-state index is -0.270. The quantitative estimate of drug-likeness (QED) is 0.336. The van der Waals surface area contributed by atoms with Crippen LogP contribution in [-0.2, 0) is 13.0 Å². The second-order valence-corrected chi connectivity index (χ2v) is 12.7. The molecule has 216 valence electrons. The molecule has 1 heterocycles. The predicted octanol–water partition coefficient (Wildman–Crippen LogP) is 9.71. The van der Waals surface area contributed by atoms with Gasteiger partial charge < -0.3 is 5.11 Å². The van der Waals surface area contributed by atoms with Crippen molar-refractivity contribution in [2.24, 2.45) is 40.4 Å². The summed E-state index contributed by atoms with van der Waals surface area (Å²) in [5.41, 5.74) is 2.15. The number of aryl methyl sites for hydroxylation is 1. The third-order valence-electron chi connectivity index (χ3n) is 10.9. The molecule has 8 unspecified atom stereocenters. The molecule has 3 aliphatic carbocycles. The Morgan fingerprint density at radius 1 is 0.946 bits per heavy atom. The van der Waals surface area contributed by atoms with Crippen LogP contribution >= 0.6 is 0 Å². The Morgan fingerprint density at radius 3 is 2.32 bits per heavy atom. The van der Waals surface area contributed by atoms with Gasteiger partial charge in [0.25, 0.3) is 0 Å². The van der Waals surface area contributed by atoms with E-state index in [-0.39, 0.29) is 6.10 Å². The second-order valence-electron chi connectivity index (χ2n) is 12.7. The molecule has 1 aromatic heterocycles. The van der Waals surface area contributed by atoms with E-state index >= 15 is 0 Å². The second kappa shape index (κ2) is 15.1. The number of nitrogens with zero attached hydrogens (tertiary/aromatic N) is 2. The van der Waals surface area contributed by atoms with Crippen LogP contribution in [0.2, 0.25) is 0 Å². The molecule has 3 aliphatic rings. The first kappa shape index (κ1) is 32.4. The van der Waals surface area contributed by atoms with E-state index in [4.69, 9.17) is 0 Å². The van der Waals surface area contributed by atoms with Crippen molar-refractivity contribution in [1.82, 2.24) is 9.78 Å². The molecule has 0 aromatic carbocycles. The van der Waals surface area contributed by atoms with Gasteiger partial charge in [0.1, 0.15) is 0 Å². The van der Waals surface area contributed by atoms with Gasteiger partial charge >= 0.3 is 0 Å². The SMILES string of the molecule is CC.CC.CCCCC1CCC2C(CCC3(C)C(C(O)Cn4cc(CCC)cn4)CCC23)C1(C)CCC. The summed E-state index contributed by atoms with van der Waals surface area (Å²) in [6.07, 6.45) is 21.2. The number of aliphatic hydroxyl groups excluding tert-OH is 1. The number of unbranched alkanes of at least 4 members (excludes halogenated alkanes) is 1. The van der Waals surface area contributed by atoms with Crippen molar-refractivity contribution >= 4 is 0 Å². The zero-order chi connectivity index (χ0) is 27.6. The van der Waals surface area contributed by atoms with E-state index in [2.05, 4.69) is 45.9 Å². The minimum absolute atomic E-state index is 0.270. The highest BCUT2D eigenvalue weighted by Crippen LogP contribution is 2.67. The van der Waals surface area contributed by atoms with Crippen molar-refractivity contribution < 1.29 is 5.11 Å². The van der Waals surface area contributed by atoms with Crippen LogP contribution < -0.4 is 0 Å². The first-order chi connectivity index (χ1) is 17.9. The van der Waals surface area contributed by atoms with Crippen LogP contribution in [0.5, 0.6) is 0 Å². The summed E-state index contributed by atoms with van der Waals surface area (Å²) in [5.74, 6) is 3.97. The minimum Gasteiger partial charge on any atom is -0.391 e. The Labute approximate surface area is 231 Å². The van der Waals surface area contributed by atoms with Gasteiger partial charge in [-0.15, -0.1) is 0 Å². The van der Waals surface area contributed by atoms with E-state index in [1.165, 1.54) is 76.2 Å². The average Bonchev–Trinajstić information content (AvgIpc) is 3.49. The Balaban J connectivity index is 0.00000115. The summed E-state index contributed by atoms with van der Waals surface area (Å²) < 4.78 is 2.01. The third kappa shape index (κ3) is 6.85. The zero-order valence-corrected chi connectivity index (χ0v) is 26.4. The van der Waals surface area contributed by atoms with Gasteiger partial charge in [-0.25, -0.2) is 0 Å². The lowest BCUT2D eigenvalue weighted by Gasteiger charge is -2.59. The highest BCUT2D eigenvalue weighted by Gasteiger charge is 2.60. The summed E-state index contributed by atoms with van der Waals surface area (Å²) in [6, 6.07) is 0. The van der Waals surface area contributed by atoms with Crippen LogP contribution in [0.1, 0.15) is 145 Å². The molecule has 0 bridgehead atoms. The van der Waals surface area contributed by atoms with Gasteiger partial charge in [-0.3, -0.25) is 4.68 Å². The molecular weight excluding hydrogens is 452 g/mol. The molecule has 0 spiro atoms. The Kier molecular flexibility index (Phi) is 13.2. The van der Waals surface area contributed by atoms with Gasteiger partial charge in [0.2, 0.25) is 0 Å². The van der Waals surface area contributed by atoms with Crippen molar-refractivity contribution in [1.29, 1.82) is 0 Å². The molecule has 1 N–H and O–H groups in total. The normalized spacial score (nSPS) is 35.4. The maximum absolute atomic E-state index is 11.4. The van der Waals surface area contributed by atoms with Crippen molar-refractivity contribution in [2.75, 3.05) is 0 Å². The van der Waals surface area contributed by atoms with E-state index < -0.39 is 0 Å². The van der Waals surface area contributed by atoms with Crippen LogP contribution in [0, 0.1) is 40.4 Å². The molecule has 0 aliphatic heterocycles. The fourth-order valence-corrected chi connectivity index (χ4v) is 9.30. The molecular formula is C34H64N2O. The van der Waals surface area contributed by atoms with Crippen LogP contribution in [-0.4, -0.2) is 21.0 Å². The number of fused-ring (bicyclic) bond motifs is 3. The van der Waals surface area contributed by atoms with Crippen LogP contribution in [0.4, 0.5) is 0 Å². The van der Waals surface area contributed by atoms with Crippen LogP contribution in [0.25, 0.3) is 0 Å². The molecule has 8 atom stereocenters. The summed E-state index contributed by atoms with van der Waals surface area (Å²) in [6.45, 7) is 20.9. The van der Waals surface area contributed by atoms with E-state index in [0.717, 1.165) is 36.5 Å². The lowest BCUT2D eigenvalue weighted by molar-refractivity contribution is -0.113. The zero-order valence-electron chi connectivity index (χ0n) is 26.4. The highest BCUT2D eigenvalue weighted by molar-refractivity contribution is 5.09. The number of hydrogen-bond acceptors (Lipinski definition) is 2. The Morgan fingerprint density at radius 2 is 1.68 bits per heavy atom. The maximum Gasteiger partial charge on any atom is 0.0769 e. The van der Waals surface area contributed by atoms with Gasteiger partial charge in [-0.1, -0.05) is 88.0 Å². The molecule has 3 fully saturated rings. The lowest BCUT2D eigenvalue weighted by atomic mass is 9.45. The summed E-state index contributed by atoms with van der Waals surface area (Å²) in [4.78, 5) is 0. The molecule has 0 radical (unpaired) electrons. The molecule has 4 rings (SSSR count). The third-order valence-corrected chi connectivity index (χ3v) is 10.9. The van der Waals surface area contributed by atoms with Gasteiger partial charge in [0.15, 0.2) is 0 Å². The number of aliphatic hydroxyl groups is 1. The van der Waals surface area contributed by atoms with E-state index in [9.17, 15) is 5.11 Å². The molecule has 3 heteroatoms. The fourth-order valence-electron chi connectivity index (χ4n) is 9.30. The van der Waals surface area contributed by atoms with Crippen molar-refractivity contribution in [3.05, 3.63) is 18.0 Å². The maximum atomic E-state index is 11.4. The van der Waals surface area contributed by atoms with E-state index in [1.54, 1.807) is 0 Å². The topological polar surface area (TPSA) is 38.0 Å². The average molecular weight is 517 g/mol. The number of hydrogen-bond donors (Lipinski definition) is 1. The fraction of sp³-hybridized carbons (Fsp3) is 0.912. The van der Waals surface area contributed by atoms with Crippen molar-refractivity contribution in [2.45, 2.75) is 158 Å². The Hall–Kier alpha value is -0.830. The molecule has 1 aromatic rings. The van der Waals surface area contributed by atoms with Gasteiger partial charge in [0, 0.05) is 6.20 Å². The first-order valence-corrected chi connectivity index (χ1v) is 16.6. The Bertz CT molecular complexity index is 759. The first-order valence-electron chi connectivity index (χ1n) is 16.6. The van der Waals surface area contributed by atoms with Crippen LogP contribution in [0.3, 0.4) is 0 Å². The standard InChI is InChI=1S/C30H52N2O.2C2H6/c1-6-9-11-23-12-13-24-25-14-15-27(28(33)21-32-20-22(10-7-2)19-31-32)30(25,5)18-16-26(24)29(23,4)17-8-3;2*1-2/h19-20,23-28,33H,6-18,21H2,1-5H3;2*1-2H3. The van der Waals surface area contributed by atoms with Crippen molar-refractivity contribution in [3.8, 4) is 0 Å². The largest absolute Gasteiger partial charge is 0.391 e.